The lowest BCUT2D eigenvalue weighted by Gasteiger charge is -2.16. The summed E-state index contributed by atoms with van der Waals surface area (Å²) in [5.74, 6) is -0.181. The van der Waals surface area contributed by atoms with Crippen molar-refractivity contribution in [3.63, 3.8) is 0 Å². The molecule has 0 saturated heterocycles. The fraction of sp³-hybridized carbons (Fsp3) is 0.150. The fourth-order valence-corrected chi connectivity index (χ4v) is 2.69. The summed E-state index contributed by atoms with van der Waals surface area (Å²) < 4.78 is 5.78. The van der Waals surface area contributed by atoms with E-state index in [0.717, 1.165) is 0 Å². The molecule has 0 saturated carbocycles. The van der Waals surface area contributed by atoms with Crippen LogP contribution in [-0.4, -0.2) is 11.7 Å². The van der Waals surface area contributed by atoms with E-state index in [2.05, 4.69) is 5.32 Å². The second-order valence-electron chi connectivity index (χ2n) is 5.76. The van der Waals surface area contributed by atoms with E-state index < -0.39 is 6.04 Å². The van der Waals surface area contributed by atoms with Crippen molar-refractivity contribution in [2.45, 2.75) is 19.4 Å². The Balaban J connectivity index is 1.97. The molecular formula is C20H17NO4. The predicted octanol–water partition coefficient (Wildman–Crippen LogP) is 3.24. The molecule has 1 unspecified atom stereocenters. The van der Waals surface area contributed by atoms with Gasteiger partial charge in [-0.1, -0.05) is 42.5 Å². The van der Waals surface area contributed by atoms with Crippen LogP contribution in [-0.2, 0) is 4.79 Å². The lowest BCUT2D eigenvalue weighted by molar-refractivity contribution is -0.119. The van der Waals surface area contributed by atoms with Gasteiger partial charge in [-0.25, -0.2) is 0 Å². The van der Waals surface area contributed by atoms with Crippen molar-refractivity contribution in [3.05, 3.63) is 82.2 Å². The van der Waals surface area contributed by atoms with E-state index in [-0.39, 0.29) is 29.3 Å². The van der Waals surface area contributed by atoms with Crippen LogP contribution in [0.3, 0.4) is 0 Å². The van der Waals surface area contributed by atoms with Gasteiger partial charge in [0.05, 0.1) is 11.4 Å². The minimum atomic E-state index is -0.706. The zero-order valence-electron chi connectivity index (χ0n) is 13.7. The maximum atomic E-state index is 12.5. The standard InChI is InChI=1S/C20H17NO4/c1-13(22)21-16(11-17(23)14-7-3-2-4-8-14)20-12-18(24)15-9-5-6-10-19(15)25-20/h2-10,12,16H,11H2,1H3,(H,21,22). The molecule has 0 aliphatic rings. The average molecular weight is 335 g/mol. The molecule has 0 spiro atoms. The summed E-state index contributed by atoms with van der Waals surface area (Å²) in [5.41, 5.74) is 0.757. The van der Waals surface area contributed by atoms with Crippen LogP contribution in [0.4, 0.5) is 0 Å². The van der Waals surface area contributed by atoms with Gasteiger partial charge in [0.25, 0.3) is 0 Å². The summed E-state index contributed by atoms with van der Waals surface area (Å²) in [4.78, 5) is 36.3. The number of carbonyl (C=O) groups is 2. The topological polar surface area (TPSA) is 76.4 Å². The van der Waals surface area contributed by atoms with Crippen molar-refractivity contribution in [1.29, 1.82) is 0 Å². The summed E-state index contributed by atoms with van der Waals surface area (Å²) in [7, 11) is 0. The van der Waals surface area contributed by atoms with Crippen LogP contribution in [0.2, 0.25) is 0 Å². The fourth-order valence-electron chi connectivity index (χ4n) is 2.69. The van der Waals surface area contributed by atoms with Crippen molar-refractivity contribution in [1.82, 2.24) is 5.32 Å². The summed E-state index contributed by atoms with van der Waals surface area (Å²) in [6, 6.07) is 16.3. The number of hydrogen-bond acceptors (Lipinski definition) is 4. The Bertz CT molecular complexity index is 976. The molecule has 1 aromatic heterocycles. The Hall–Kier alpha value is -3.21. The predicted molar refractivity (Wildman–Crippen MR) is 94.4 cm³/mol. The first kappa shape index (κ1) is 16.6. The highest BCUT2D eigenvalue weighted by molar-refractivity contribution is 5.96. The number of fused-ring (bicyclic) bond motifs is 1. The van der Waals surface area contributed by atoms with E-state index in [4.69, 9.17) is 4.42 Å². The molecule has 126 valence electrons. The van der Waals surface area contributed by atoms with Crippen molar-refractivity contribution >= 4 is 22.7 Å². The van der Waals surface area contributed by atoms with Gasteiger partial charge in [-0.3, -0.25) is 14.4 Å². The van der Waals surface area contributed by atoms with Gasteiger partial charge in [0.15, 0.2) is 11.2 Å². The molecule has 25 heavy (non-hydrogen) atoms. The quantitative estimate of drug-likeness (QED) is 0.726. The summed E-state index contributed by atoms with van der Waals surface area (Å²) in [6.45, 7) is 1.36. The van der Waals surface area contributed by atoms with Crippen LogP contribution in [0.15, 0.2) is 69.9 Å². The second kappa shape index (κ2) is 7.13. The van der Waals surface area contributed by atoms with Gasteiger partial charge < -0.3 is 9.73 Å². The minimum absolute atomic E-state index is 0.00483. The van der Waals surface area contributed by atoms with Gasteiger partial charge in [0, 0.05) is 25.0 Å². The zero-order valence-corrected chi connectivity index (χ0v) is 13.7. The van der Waals surface area contributed by atoms with E-state index in [1.807, 2.05) is 6.07 Å². The number of hydrogen-bond donors (Lipinski definition) is 1. The summed E-state index contributed by atoms with van der Waals surface area (Å²) >= 11 is 0. The Morgan fingerprint density at radius 1 is 1.04 bits per heavy atom. The van der Waals surface area contributed by atoms with Crippen LogP contribution in [0.5, 0.6) is 0 Å². The van der Waals surface area contributed by atoms with E-state index in [0.29, 0.717) is 16.5 Å². The first-order valence-corrected chi connectivity index (χ1v) is 7.93. The summed E-state index contributed by atoms with van der Waals surface area (Å²) in [5, 5.41) is 3.16. The number of ketones is 1. The number of benzene rings is 2. The smallest absolute Gasteiger partial charge is 0.217 e. The number of Topliss-reactive ketones (excluding diaryl/α,β-unsaturated/α-hetero) is 1. The van der Waals surface area contributed by atoms with Crippen LogP contribution < -0.4 is 10.7 Å². The van der Waals surface area contributed by atoms with Crippen molar-refractivity contribution in [2.75, 3.05) is 0 Å². The Kier molecular flexibility index (Phi) is 4.75. The molecule has 0 bridgehead atoms. The van der Waals surface area contributed by atoms with E-state index in [1.54, 1.807) is 48.5 Å². The molecule has 5 heteroatoms. The summed E-state index contributed by atoms with van der Waals surface area (Å²) in [6.07, 6.45) is 0.00483. The highest BCUT2D eigenvalue weighted by Crippen LogP contribution is 2.22. The Morgan fingerprint density at radius 3 is 2.44 bits per heavy atom. The molecular weight excluding hydrogens is 318 g/mol. The highest BCUT2D eigenvalue weighted by atomic mass is 16.3. The molecule has 0 aliphatic heterocycles. The monoisotopic (exact) mass is 335 g/mol. The molecule has 1 atom stereocenters. The molecule has 1 heterocycles. The molecule has 0 radical (unpaired) electrons. The molecule has 3 rings (SSSR count). The molecule has 3 aromatic rings. The molecule has 1 amide bonds. The zero-order chi connectivity index (χ0) is 17.8. The molecule has 1 N–H and O–H groups in total. The van der Waals surface area contributed by atoms with Gasteiger partial charge >= 0.3 is 0 Å². The highest BCUT2D eigenvalue weighted by Gasteiger charge is 2.21. The number of para-hydroxylation sites is 1. The average Bonchev–Trinajstić information content (AvgIpc) is 2.61. The van der Waals surface area contributed by atoms with Gasteiger partial charge in [-0.15, -0.1) is 0 Å². The van der Waals surface area contributed by atoms with Crippen molar-refractivity contribution in [2.24, 2.45) is 0 Å². The number of amides is 1. The van der Waals surface area contributed by atoms with Crippen LogP contribution in [0, 0.1) is 0 Å². The van der Waals surface area contributed by atoms with Crippen LogP contribution in [0.25, 0.3) is 11.0 Å². The van der Waals surface area contributed by atoms with Gasteiger partial charge in [-0.05, 0) is 12.1 Å². The third-order valence-electron chi connectivity index (χ3n) is 3.86. The van der Waals surface area contributed by atoms with Crippen LogP contribution in [0.1, 0.15) is 35.5 Å². The largest absolute Gasteiger partial charge is 0.459 e. The third kappa shape index (κ3) is 3.83. The van der Waals surface area contributed by atoms with Crippen molar-refractivity contribution in [3.8, 4) is 0 Å². The van der Waals surface area contributed by atoms with Gasteiger partial charge in [-0.2, -0.15) is 0 Å². The molecule has 5 nitrogen and oxygen atoms in total. The third-order valence-corrected chi connectivity index (χ3v) is 3.86. The number of rotatable bonds is 5. The normalized spacial score (nSPS) is 11.9. The molecule has 0 aliphatic carbocycles. The minimum Gasteiger partial charge on any atom is -0.459 e. The van der Waals surface area contributed by atoms with Crippen LogP contribution >= 0.6 is 0 Å². The first-order chi connectivity index (χ1) is 12.0. The molecule has 0 fully saturated rings. The number of nitrogens with one attached hydrogen (secondary N) is 1. The second-order valence-corrected chi connectivity index (χ2v) is 5.76. The van der Waals surface area contributed by atoms with Crippen molar-refractivity contribution < 1.29 is 14.0 Å². The lowest BCUT2D eigenvalue weighted by Crippen LogP contribution is -2.28. The maximum absolute atomic E-state index is 12.5. The SMILES string of the molecule is CC(=O)NC(CC(=O)c1ccccc1)c1cc(=O)c2ccccc2o1. The maximum Gasteiger partial charge on any atom is 0.217 e. The van der Waals surface area contributed by atoms with E-state index >= 15 is 0 Å². The van der Waals surface area contributed by atoms with Gasteiger partial charge in [0.1, 0.15) is 11.3 Å². The Labute approximate surface area is 144 Å². The van der Waals surface area contributed by atoms with Gasteiger partial charge in [0.2, 0.25) is 5.91 Å². The Morgan fingerprint density at radius 2 is 1.72 bits per heavy atom. The number of carbonyl (C=O) groups excluding carboxylic acids is 2. The van der Waals surface area contributed by atoms with E-state index in [1.165, 1.54) is 13.0 Å². The van der Waals surface area contributed by atoms with E-state index in [9.17, 15) is 14.4 Å². The first-order valence-electron chi connectivity index (χ1n) is 7.93. The molecule has 2 aromatic carbocycles. The lowest BCUT2D eigenvalue weighted by atomic mass is 10.0.